The highest BCUT2D eigenvalue weighted by Gasteiger charge is 2.17. The van der Waals surface area contributed by atoms with Crippen molar-refractivity contribution in [2.24, 2.45) is 0 Å². The Labute approximate surface area is 125 Å². The first kappa shape index (κ1) is 13.8. The average Bonchev–Trinajstić information content (AvgIpc) is 2.54. The van der Waals surface area contributed by atoms with Gasteiger partial charge in [-0.1, -0.05) is 6.07 Å². The molecule has 3 heterocycles. The van der Waals surface area contributed by atoms with Gasteiger partial charge in [0.1, 0.15) is 11.6 Å². The molecule has 3 rings (SSSR count). The summed E-state index contributed by atoms with van der Waals surface area (Å²) >= 11 is 0. The third kappa shape index (κ3) is 3.70. The van der Waals surface area contributed by atoms with Crippen molar-refractivity contribution in [1.82, 2.24) is 9.97 Å². The largest absolute Gasteiger partial charge is 0.375 e. The van der Waals surface area contributed by atoms with Crippen LogP contribution < -0.4 is 10.2 Å². The Balaban J connectivity index is 1.65. The second-order valence-electron chi connectivity index (χ2n) is 5.22. The molecule has 110 valence electrons. The van der Waals surface area contributed by atoms with Crippen molar-refractivity contribution < 1.29 is 4.74 Å². The van der Waals surface area contributed by atoms with E-state index in [-0.39, 0.29) is 6.10 Å². The number of pyridine rings is 2. The number of rotatable bonds is 4. The first-order valence-corrected chi connectivity index (χ1v) is 7.27. The standard InChI is InChI=1S/C16H20N4O/c1-13-12-20(8-9-21-13)16-10-14(5-7-18-16)11-19-15-4-2-3-6-17-15/h2-7,10,13H,8-9,11-12H2,1H3,(H,17,19). The van der Waals surface area contributed by atoms with E-state index in [2.05, 4.69) is 33.2 Å². The highest BCUT2D eigenvalue weighted by molar-refractivity contribution is 5.43. The van der Waals surface area contributed by atoms with E-state index in [1.807, 2.05) is 30.5 Å². The summed E-state index contributed by atoms with van der Waals surface area (Å²) < 4.78 is 5.58. The van der Waals surface area contributed by atoms with Crippen LogP contribution in [0.2, 0.25) is 0 Å². The molecule has 1 fully saturated rings. The average molecular weight is 284 g/mol. The van der Waals surface area contributed by atoms with Crippen LogP contribution in [0.5, 0.6) is 0 Å². The maximum Gasteiger partial charge on any atom is 0.128 e. The molecule has 1 unspecified atom stereocenters. The molecule has 1 saturated heterocycles. The van der Waals surface area contributed by atoms with E-state index in [9.17, 15) is 0 Å². The molecule has 0 spiro atoms. The quantitative estimate of drug-likeness (QED) is 0.933. The van der Waals surface area contributed by atoms with Crippen LogP contribution in [0.4, 0.5) is 11.6 Å². The zero-order valence-corrected chi connectivity index (χ0v) is 12.2. The molecular weight excluding hydrogens is 264 g/mol. The summed E-state index contributed by atoms with van der Waals surface area (Å²) in [7, 11) is 0. The van der Waals surface area contributed by atoms with E-state index in [1.54, 1.807) is 6.20 Å². The number of morpholine rings is 1. The Hall–Kier alpha value is -2.14. The highest BCUT2D eigenvalue weighted by atomic mass is 16.5. The third-order valence-electron chi connectivity index (χ3n) is 3.51. The van der Waals surface area contributed by atoms with Gasteiger partial charge >= 0.3 is 0 Å². The Kier molecular flexibility index (Phi) is 4.31. The number of hydrogen-bond donors (Lipinski definition) is 1. The predicted octanol–water partition coefficient (Wildman–Crippen LogP) is 2.31. The van der Waals surface area contributed by atoms with Crippen LogP contribution in [0.25, 0.3) is 0 Å². The zero-order valence-electron chi connectivity index (χ0n) is 12.2. The fourth-order valence-corrected chi connectivity index (χ4v) is 2.43. The Morgan fingerprint density at radius 2 is 2.24 bits per heavy atom. The van der Waals surface area contributed by atoms with Gasteiger partial charge in [0.05, 0.1) is 12.7 Å². The van der Waals surface area contributed by atoms with E-state index in [0.29, 0.717) is 0 Å². The van der Waals surface area contributed by atoms with E-state index in [1.165, 1.54) is 5.56 Å². The Bertz CT molecular complexity index is 575. The second kappa shape index (κ2) is 6.54. The van der Waals surface area contributed by atoms with Gasteiger partial charge in [0.2, 0.25) is 0 Å². The molecule has 0 saturated carbocycles. The summed E-state index contributed by atoms with van der Waals surface area (Å²) in [6.07, 6.45) is 3.91. The van der Waals surface area contributed by atoms with E-state index in [0.717, 1.165) is 37.9 Å². The summed E-state index contributed by atoms with van der Waals surface area (Å²) in [6.45, 7) is 5.39. The molecule has 0 aromatic carbocycles. The molecule has 5 heteroatoms. The molecule has 1 N–H and O–H groups in total. The van der Waals surface area contributed by atoms with E-state index < -0.39 is 0 Å². The summed E-state index contributed by atoms with van der Waals surface area (Å²) in [4.78, 5) is 11.0. The fourth-order valence-electron chi connectivity index (χ4n) is 2.43. The van der Waals surface area contributed by atoms with Gasteiger partial charge in [0.25, 0.3) is 0 Å². The van der Waals surface area contributed by atoms with Crippen molar-refractivity contribution in [2.75, 3.05) is 29.9 Å². The molecule has 1 aliphatic rings. The molecule has 1 atom stereocenters. The Morgan fingerprint density at radius 1 is 1.29 bits per heavy atom. The minimum Gasteiger partial charge on any atom is -0.375 e. The van der Waals surface area contributed by atoms with Crippen LogP contribution in [-0.4, -0.2) is 35.8 Å². The normalized spacial score (nSPS) is 18.5. The number of anilines is 2. The number of hydrogen-bond acceptors (Lipinski definition) is 5. The predicted molar refractivity (Wildman–Crippen MR) is 83.4 cm³/mol. The lowest BCUT2D eigenvalue weighted by molar-refractivity contribution is 0.0529. The van der Waals surface area contributed by atoms with Crippen LogP contribution in [0, 0.1) is 0 Å². The number of ether oxygens (including phenoxy) is 1. The molecule has 5 nitrogen and oxygen atoms in total. The van der Waals surface area contributed by atoms with Gasteiger partial charge < -0.3 is 15.0 Å². The lowest BCUT2D eigenvalue weighted by Crippen LogP contribution is -2.41. The molecule has 0 aliphatic carbocycles. The minimum absolute atomic E-state index is 0.260. The van der Waals surface area contributed by atoms with E-state index in [4.69, 9.17) is 4.74 Å². The third-order valence-corrected chi connectivity index (χ3v) is 3.51. The number of aromatic nitrogens is 2. The van der Waals surface area contributed by atoms with Gasteiger partial charge in [-0.25, -0.2) is 9.97 Å². The maximum atomic E-state index is 5.58. The van der Waals surface area contributed by atoms with Crippen LogP contribution >= 0.6 is 0 Å². The molecular formula is C16H20N4O. The van der Waals surface area contributed by atoms with Gasteiger partial charge in [0.15, 0.2) is 0 Å². The van der Waals surface area contributed by atoms with Gasteiger partial charge in [0, 0.05) is 32.0 Å². The summed E-state index contributed by atoms with van der Waals surface area (Å²) in [6, 6.07) is 10.0. The molecule has 21 heavy (non-hydrogen) atoms. The SMILES string of the molecule is CC1CN(c2cc(CNc3ccccn3)ccn2)CCO1. The van der Waals surface area contributed by atoms with Crippen molar-refractivity contribution in [3.8, 4) is 0 Å². The summed E-state index contributed by atoms with van der Waals surface area (Å²) in [5.74, 6) is 1.90. The van der Waals surface area contributed by atoms with Crippen LogP contribution in [-0.2, 0) is 11.3 Å². The van der Waals surface area contributed by atoms with Gasteiger partial charge in [-0.05, 0) is 36.8 Å². The van der Waals surface area contributed by atoms with Crippen molar-refractivity contribution in [2.45, 2.75) is 19.6 Å². The van der Waals surface area contributed by atoms with Crippen molar-refractivity contribution >= 4 is 11.6 Å². The fraction of sp³-hybridized carbons (Fsp3) is 0.375. The Morgan fingerprint density at radius 3 is 3.05 bits per heavy atom. The number of nitrogens with one attached hydrogen (secondary N) is 1. The van der Waals surface area contributed by atoms with Gasteiger partial charge in [-0.2, -0.15) is 0 Å². The van der Waals surface area contributed by atoms with Crippen molar-refractivity contribution in [3.05, 3.63) is 48.3 Å². The van der Waals surface area contributed by atoms with E-state index >= 15 is 0 Å². The second-order valence-corrected chi connectivity index (χ2v) is 5.22. The molecule has 0 bridgehead atoms. The molecule has 2 aromatic heterocycles. The van der Waals surface area contributed by atoms with Crippen molar-refractivity contribution in [3.63, 3.8) is 0 Å². The molecule has 1 aliphatic heterocycles. The molecule has 0 amide bonds. The maximum absolute atomic E-state index is 5.58. The zero-order chi connectivity index (χ0) is 14.5. The first-order valence-electron chi connectivity index (χ1n) is 7.27. The van der Waals surface area contributed by atoms with Gasteiger partial charge in [-0.3, -0.25) is 0 Å². The minimum atomic E-state index is 0.260. The first-order chi connectivity index (χ1) is 10.3. The lowest BCUT2D eigenvalue weighted by Gasteiger charge is -2.32. The van der Waals surface area contributed by atoms with Crippen LogP contribution in [0.1, 0.15) is 12.5 Å². The monoisotopic (exact) mass is 284 g/mol. The summed E-state index contributed by atoms with van der Waals surface area (Å²) in [5.41, 5.74) is 1.20. The number of nitrogens with zero attached hydrogens (tertiary/aromatic N) is 3. The summed E-state index contributed by atoms with van der Waals surface area (Å²) in [5, 5.41) is 3.32. The van der Waals surface area contributed by atoms with Gasteiger partial charge in [-0.15, -0.1) is 0 Å². The smallest absolute Gasteiger partial charge is 0.128 e. The van der Waals surface area contributed by atoms with Crippen molar-refractivity contribution in [1.29, 1.82) is 0 Å². The highest BCUT2D eigenvalue weighted by Crippen LogP contribution is 2.17. The van der Waals surface area contributed by atoms with Crippen LogP contribution in [0.3, 0.4) is 0 Å². The molecule has 2 aromatic rings. The topological polar surface area (TPSA) is 50.3 Å². The molecule has 0 radical (unpaired) electrons. The van der Waals surface area contributed by atoms with Crippen LogP contribution in [0.15, 0.2) is 42.7 Å². The lowest BCUT2D eigenvalue weighted by atomic mass is 10.2.